The van der Waals surface area contributed by atoms with Crippen molar-refractivity contribution >= 4 is 29.9 Å². The van der Waals surface area contributed by atoms with Crippen LogP contribution in [0.4, 0.5) is 0 Å². The van der Waals surface area contributed by atoms with Crippen molar-refractivity contribution in [2.45, 2.75) is 44.2 Å². The predicted octanol–water partition coefficient (Wildman–Crippen LogP) is 4.00. The number of likely N-dealkylation sites (tertiary alicyclic amines) is 1. The minimum absolute atomic E-state index is 0. The molecular weight excluding hydrogens is 531 g/mol. The zero-order valence-corrected chi connectivity index (χ0v) is 21.8. The quantitative estimate of drug-likeness (QED) is 0.206. The highest BCUT2D eigenvalue weighted by molar-refractivity contribution is 14.0. The van der Waals surface area contributed by atoms with E-state index in [0.29, 0.717) is 19.2 Å². The summed E-state index contributed by atoms with van der Waals surface area (Å²) >= 11 is 0. The molecule has 1 unspecified atom stereocenters. The number of ether oxygens (including phenoxy) is 2. The number of guanidine groups is 1. The molecule has 2 aromatic rings. The first-order chi connectivity index (χ1) is 15.8. The lowest BCUT2D eigenvalue weighted by Gasteiger charge is -2.34. The van der Waals surface area contributed by atoms with Gasteiger partial charge in [-0.2, -0.15) is 0 Å². The van der Waals surface area contributed by atoms with Crippen LogP contribution < -0.4 is 15.4 Å². The van der Waals surface area contributed by atoms with Gasteiger partial charge >= 0.3 is 0 Å². The molecule has 2 aliphatic heterocycles. The van der Waals surface area contributed by atoms with Crippen LogP contribution in [-0.2, 0) is 11.2 Å². The lowest BCUT2D eigenvalue weighted by Crippen LogP contribution is -2.50. The summed E-state index contributed by atoms with van der Waals surface area (Å²) in [7, 11) is 1.77. The third-order valence-corrected chi connectivity index (χ3v) is 6.23. The number of fused-ring (bicyclic) bond motifs is 1. The third-order valence-electron chi connectivity index (χ3n) is 6.23. The number of nitrogens with zero attached hydrogens (tertiary/aromatic N) is 2. The summed E-state index contributed by atoms with van der Waals surface area (Å²) < 4.78 is 16.5. The number of furan rings is 1. The fraction of sp³-hybridized carbons (Fsp3) is 0.560. The maximum absolute atomic E-state index is 5.84. The van der Waals surface area contributed by atoms with E-state index in [2.05, 4.69) is 27.7 Å². The van der Waals surface area contributed by atoms with Gasteiger partial charge in [0.25, 0.3) is 0 Å². The maximum atomic E-state index is 5.84. The largest absolute Gasteiger partial charge is 0.493 e. The molecule has 182 valence electrons. The molecule has 1 saturated heterocycles. The number of halogens is 1. The van der Waals surface area contributed by atoms with E-state index in [9.17, 15) is 0 Å². The van der Waals surface area contributed by atoms with Crippen LogP contribution in [0.15, 0.2) is 52.1 Å². The van der Waals surface area contributed by atoms with E-state index in [1.165, 1.54) is 5.56 Å². The molecule has 3 heterocycles. The van der Waals surface area contributed by atoms with Gasteiger partial charge in [-0.3, -0.25) is 4.99 Å². The predicted molar refractivity (Wildman–Crippen MR) is 142 cm³/mol. The third kappa shape index (κ3) is 7.89. The van der Waals surface area contributed by atoms with Gasteiger partial charge in [-0.15, -0.1) is 24.0 Å². The summed E-state index contributed by atoms with van der Waals surface area (Å²) in [6.07, 6.45) is 6.77. The van der Waals surface area contributed by atoms with Gasteiger partial charge < -0.3 is 29.4 Å². The smallest absolute Gasteiger partial charge is 0.191 e. The number of benzene rings is 1. The van der Waals surface area contributed by atoms with Gasteiger partial charge in [0.15, 0.2) is 5.96 Å². The first-order valence-electron chi connectivity index (χ1n) is 11.8. The number of hydrogen-bond donors (Lipinski definition) is 2. The fourth-order valence-corrected chi connectivity index (χ4v) is 4.45. The van der Waals surface area contributed by atoms with Crippen molar-refractivity contribution in [1.29, 1.82) is 0 Å². The van der Waals surface area contributed by atoms with Crippen LogP contribution in [0, 0.1) is 0 Å². The monoisotopic (exact) mass is 568 g/mol. The van der Waals surface area contributed by atoms with E-state index in [1.807, 2.05) is 24.3 Å². The Morgan fingerprint density at radius 2 is 1.97 bits per heavy atom. The highest BCUT2D eigenvalue weighted by atomic mass is 127. The van der Waals surface area contributed by atoms with Crippen molar-refractivity contribution in [3.05, 3.63) is 54.0 Å². The molecule has 8 heteroatoms. The molecule has 1 atom stereocenters. The Morgan fingerprint density at radius 3 is 2.76 bits per heavy atom. The van der Waals surface area contributed by atoms with Crippen LogP contribution in [0.25, 0.3) is 0 Å². The topological polar surface area (TPSA) is 71.3 Å². The van der Waals surface area contributed by atoms with E-state index in [0.717, 1.165) is 75.8 Å². The molecule has 1 aromatic heterocycles. The lowest BCUT2D eigenvalue weighted by atomic mass is 10.0. The van der Waals surface area contributed by atoms with Crippen LogP contribution in [0.1, 0.15) is 43.0 Å². The number of aliphatic imine (C=N–C) groups is 1. The number of methoxy groups -OCH3 is 1. The molecule has 0 spiro atoms. The molecule has 1 aromatic carbocycles. The maximum Gasteiger partial charge on any atom is 0.191 e. The van der Waals surface area contributed by atoms with Crippen LogP contribution >= 0.6 is 24.0 Å². The Kier molecular flexibility index (Phi) is 10.8. The summed E-state index contributed by atoms with van der Waals surface area (Å²) in [5.74, 6) is 2.82. The van der Waals surface area contributed by atoms with Crippen molar-refractivity contribution in [3.63, 3.8) is 0 Å². The second-order valence-corrected chi connectivity index (χ2v) is 8.54. The SMILES string of the molecule is COCCCN1CCC(NC(=NCCc2ccco2)NC2CCOc3ccccc32)CC1.I. The molecule has 4 rings (SSSR count). The molecule has 7 nitrogen and oxygen atoms in total. The van der Waals surface area contributed by atoms with E-state index in [1.54, 1.807) is 13.4 Å². The van der Waals surface area contributed by atoms with Crippen LogP contribution in [-0.4, -0.2) is 63.4 Å². The number of nitrogens with one attached hydrogen (secondary N) is 2. The number of para-hydroxylation sites is 1. The van der Waals surface area contributed by atoms with E-state index in [4.69, 9.17) is 18.9 Å². The summed E-state index contributed by atoms with van der Waals surface area (Å²) in [4.78, 5) is 7.44. The summed E-state index contributed by atoms with van der Waals surface area (Å²) in [5.41, 5.74) is 1.20. The van der Waals surface area contributed by atoms with Gasteiger partial charge in [0.2, 0.25) is 0 Å². The molecule has 0 aliphatic carbocycles. The molecular formula is C25H37IN4O3. The van der Waals surface area contributed by atoms with Gasteiger partial charge in [0.05, 0.1) is 18.9 Å². The van der Waals surface area contributed by atoms with Crippen LogP contribution in [0.2, 0.25) is 0 Å². The Balaban J connectivity index is 0.00000306. The van der Waals surface area contributed by atoms with Crippen molar-refractivity contribution in [3.8, 4) is 5.75 Å². The van der Waals surface area contributed by atoms with Crippen molar-refractivity contribution < 1.29 is 13.9 Å². The van der Waals surface area contributed by atoms with Gasteiger partial charge in [-0.25, -0.2) is 0 Å². The average Bonchev–Trinajstić information content (AvgIpc) is 3.34. The Labute approximate surface area is 214 Å². The average molecular weight is 569 g/mol. The van der Waals surface area contributed by atoms with E-state index in [-0.39, 0.29) is 30.0 Å². The molecule has 0 amide bonds. The second kappa shape index (κ2) is 13.8. The van der Waals surface area contributed by atoms with Gasteiger partial charge in [-0.05, 0) is 37.5 Å². The van der Waals surface area contributed by atoms with Crippen LogP contribution in [0.5, 0.6) is 5.75 Å². The minimum Gasteiger partial charge on any atom is -0.493 e. The van der Waals surface area contributed by atoms with E-state index < -0.39 is 0 Å². The first-order valence-corrected chi connectivity index (χ1v) is 11.8. The normalized spacial score (nSPS) is 19.3. The Bertz CT molecular complexity index is 838. The highest BCUT2D eigenvalue weighted by Crippen LogP contribution is 2.31. The minimum atomic E-state index is 0. The standard InChI is InChI=1S/C25H36N4O3.HI/c1-30-17-5-14-29-15-10-20(11-16-29)27-25(26-13-9-21-6-4-18-31-21)28-23-12-19-32-24-8-3-2-7-22(23)24;/h2-4,6-8,18,20,23H,5,9-17,19H2,1H3,(H2,26,27,28);1H. The van der Waals surface area contributed by atoms with Crippen LogP contribution in [0.3, 0.4) is 0 Å². The van der Waals surface area contributed by atoms with Gasteiger partial charge in [0.1, 0.15) is 11.5 Å². The molecule has 33 heavy (non-hydrogen) atoms. The molecule has 1 fully saturated rings. The highest BCUT2D eigenvalue weighted by Gasteiger charge is 2.24. The summed E-state index contributed by atoms with van der Waals surface area (Å²) in [6, 6.07) is 12.8. The molecule has 2 aliphatic rings. The molecule has 0 saturated carbocycles. The van der Waals surface area contributed by atoms with Crippen molar-refractivity contribution in [2.24, 2.45) is 4.99 Å². The van der Waals surface area contributed by atoms with Crippen molar-refractivity contribution in [2.75, 3.05) is 46.5 Å². The van der Waals surface area contributed by atoms with E-state index >= 15 is 0 Å². The first kappa shape index (κ1) is 25.8. The number of rotatable bonds is 9. The molecule has 2 N–H and O–H groups in total. The summed E-state index contributed by atoms with van der Waals surface area (Å²) in [5, 5.41) is 7.41. The molecule has 0 radical (unpaired) electrons. The lowest BCUT2D eigenvalue weighted by molar-refractivity contribution is 0.155. The van der Waals surface area contributed by atoms with Crippen molar-refractivity contribution in [1.82, 2.24) is 15.5 Å². The Morgan fingerprint density at radius 1 is 1.12 bits per heavy atom. The zero-order valence-electron chi connectivity index (χ0n) is 19.5. The van der Waals surface area contributed by atoms with Gasteiger partial charge in [-0.1, -0.05) is 18.2 Å². The zero-order chi connectivity index (χ0) is 22.0. The number of hydrogen-bond acceptors (Lipinski definition) is 5. The second-order valence-electron chi connectivity index (χ2n) is 8.54. The fourth-order valence-electron chi connectivity index (χ4n) is 4.45. The molecule has 0 bridgehead atoms. The number of piperidine rings is 1. The summed E-state index contributed by atoms with van der Waals surface area (Å²) in [6.45, 7) is 5.57. The van der Waals surface area contributed by atoms with Gasteiger partial charge in [0, 0.05) is 64.3 Å². The Hall–Kier alpha value is -1.78.